The van der Waals surface area contributed by atoms with E-state index >= 15 is 0 Å². The number of hydrogen-bond acceptors (Lipinski definition) is 2. The van der Waals surface area contributed by atoms with E-state index in [2.05, 4.69) is 10.3 Å². The smallest absolute Gasteiger partial charge is 0.188 e. The highest BCUT2D eigenvalue weighted by atomic mass is 127. The van der Waals surface area contributed by atoms with Gasteiger partial charge in [0, 0.05) is 29.7 Å². The van der Waals surface area contributed by atoms with Gasteiger partial charge in [-0.3, -0.25) is 4.99 Å². The molecule has 0 radical (unpaired) electrons. The number of nitrogens with zero attached hydrogens (tertiary/aromatic N) is 1. The molecule has 4 nitrogen and oxygen atoms in total. The molecule has 0 aliphatic carbocycles. The van der Waals surface area contributed by atoms with Gasteiger partial charge in [0.05, 0.1) is 6.61 Å². The predicted molar refractivity (Wildman–Crippen MR) is 101 cm³/mol. The summed E-state index contributed by atoms with van der Waals surface area (Å²) in [5.74, 6) is 0.441. The summed E-state index contributed by atoms with van der Waals surface area (Å²) in [5, 5.41) is 4.40. The minimum atomic E-state index is 0. The topological polar surface area (TPSA) is 59.6 Å². The summed E-state index contributed by atoms with van der Waals surface area (Å²) in [5.41, 5.74) is 6.85. The van der Waals surface area contributed by atoms with Crippen molar-refractivity contribution in [2.45, 2.75) is 25.8 Å². The Morgan fingerprint density at radius 1 is 1.43 bits per heavy atom. The van der Waals surface area contributed by atoms with E-state index < -0.39 is 0 Å². The van der Waals surface area contributed by atoms with Crippen molar-refractivity contribution in [1.29, 1.82) is 0 Å². The van der Waals surface area contributed by atoms with E-state index in [0.717, 1.165) is 18.4 Å². The van der Waals surface area contributed by atoms with Crippen LogP contribution in [-0.2, 0) is 11.2 Å². The fourth-order valence-electron chi connectivity index (χ4n) is 1.78. The van der Waals surface area contributed by atoms with Crippen molar-refractivity contribution in [3.63, 3.8) is 0 Å². The number of halogens is 3. The van der Waals surface area contributed by atoms with Crippen LogP contribution >= 0.6 is 47.2 Å². The van der Waals surface area contributed by atoms with Gasteiger partial charge in [0.1, 0.15) is 0 Å². The van der Waals surface area contributed by atoms with Crippen LogP contribution in [0.2, 0.25) is 10.0 Å². The van der Waals surface area contributed by atoms with Crippen LogP contribution in [0, 0.1) is 0 Å². The first kappa shape index (κ1) is 20.8. The highest BCUT2D eigenvalue weighted by molar-refractivity contribution is 14.0. The number of aryl methyl sites for hydroxylation is 1. The van der Waals surface area contributed by atoms with Crippen molar-refractivity contribution in [3.8, 4) is 0 Å². The van der Waals surface area contributed by atoms with E-state index in [1.54, 1.807) is 13.2 Å². The number of nitrogens with one attached hydrogen (secondary N) is 1. The van der Waals surface area contributed by atoms with Crippen LogP contribution in [0.1, 0.15) is 18.9 Å². The van der Waals surface area contributed by atoms with E-state index in [9.17, 15) is 0 Å². The van der Waals surface area contributed by atoms with Crippen molar-refractivity contribution >= 4 is 53.1 Å². The van der Waals surface area contributed by atoms with E-state index in [4.69, 9.17) is 33.7 Å². The number of ether oxygens (including phenoxy) is 1. The third-order valence-corrected chi connectivity index (χ3v) is 3.30. The quantitative estimate of drug-likeness (QED) is 0.292. The zero-order valence-corrected chi connectivity index (χ0v) is 16.1. The molecule has 1 unspecified atom stereocenters. The summed E-state index contributed by atoms with van der Waals surface area (Å²) in [6.45, 7) is 3.23. The first-order valence-electron chi connectivity index (χ1n) is 6.52. The number of benzene rings is 1. The molecule has 1 aromatic rings. The van der Waals surface area contributed by atoms with Crippen molar-refractivity contribution in [2.24, 2.45) is 10.7 Å². The molecule has 7 heteroatoms. The number of nitrogens with two attached hydrogens (primary N) is 1. The minimum absolute atomic E-state index is 0. The van der Waals surface area contributed by atoms with Gasteiger partial charge >= 0.3 is 0 Å². The Balaban J connectivity index is 0.00000400. The molecule has 0 fully saturated rings. The lowest BCUT2D eigenvalue weighted by atomic mass is 10.1. The van der Waals surface area contributed by atoms with Gasteiger partial charge in [-0.05, 0) is 37.5 Å². The second-order valence-corrected chi connectivity index (χ2v) is 5.45. The molecule has 0 spiro atoms. The second-order valence-electron chi connectivity index (χ2n) is 4.61. The average molecular weight is 446 g/mol. The van der Waals surface area contributed by atoms with Gasteiger partial charge in [0.2, 0.25) is 0 Å². The summed E-state index contributed by atoms with van der Waals surface area (Å²) in [4.78, 5) is 4.27. The van der Waals surface area contributed by atoms with Gasteiger partial charge in [-0.1, -0.05) is 29.3 Å². The summed E-state index contributed by atoms with van der Waals surface area (Å²) in [6, 6.07) is 5.68. The monoisotopic (exact) mass is 445 g/mol. The fraction of sp³-hybridized carbons (Fsp3) is 0.500. The maximum atomic E-state index is 6.10. The fourth-order valence-corrected chi connectivity index (χ4v) is 2.29. The molecule has 0 aliphatic heterocycles. The zero-order chi connectivity index (χ0) is 15.0. The summed E-state index contributed by atoms with van der Waals surface area (Å²) in [6.07, 6.45) is 1.72. The van der Waals surface area contributed by atoms with Crippen molar-refractivity contribution < 1.29 is 4.74 Å². The van der Waals surface area contributed by atoms with Gasteiger partial charge in [0.15, 0.2) is 5.96 Å². The van der Waals surface area contributed by atoms with E-state index in [-0.39, 0.29) is 30.0 Å². The summed E-state index contributed by atoms with van der Waals surface area (Å²) in [7, 11) is 1.65. The maximum absolute atomic E-state index is 6.10. The molecule has 3 N–H and O–H groups in total. The number of aliphatic imine (C=N–C) groups is 1. The third-order valence-electron chi connectivity index (χ3n) is 2.71. The van der Waals surface area contributed by atoms with Gasteiger partial charge in [0.25, 0.3) is 0 Å². The Bertz CT molecular complexity index is 458. The van der Waals surface area contributed by atoms with Crippen LogP contribution in [-0.4, -0.2) is 32.3 Å². The molecule has 1 atom stereocenters. The molecule has 0 saturated heterocycles. The molecule has 0 bridgehead atoms. The molecular formula is C14H22Cl2IN3O. The standard InChI is InChI=1S/C14H21Cl2N3O.HI/c1-10(9-20-2)19-14(17)18-7-3-4-11-5-6-12(15)8-13(11)16;/h5-6,8,10H,3-4,7,9H2,1-2H3,(H3,17,18,19);1H. The first-order valence-corrected chi connectivity index (χ1v) is 7.28. The SMILES string of the molecule is COCC(C)NC(N)=NCCCc1ccc(Cl)cc1Cl.I. The van der Waals surface area contributed by atoms with Crippen LogP contribution in [0.5, 0.6) is 0 Å². The highest BCUT2D eigenvalue weighted by Crippen LogP contribution is 2.21. The molecule has 1 rings (SSSR count). The largest absolute Gasteiger partial charge is 0.383 e. The second kappa shape index (κ2) is 11.3. The maximum Gasteiger partial charge on any atom is 0.188 e. The van der Waals surface area contributed by atoms with Crippen LogP contribution in [0.25, 0.3) is 0 Å². The number of hydrogen-bond donors (Lipinski definition) is 2. The van der Waals surface area contributed by atoms with Crippen LogP contribution < -0.4 is 11.1 Å². The van der Waals surface area contributed by atoms with Crippen LogP contribution in [0.15, 0.2) is 23.2 Å². The Morgan fingerprint density at radius 3 is 2.76 bits per heavy atom. The van der Waals surface area contributed by atoms with Gasteiger partial charge in [-0.2, -0.15) is 0 Å². The lowest BCUT2D eigenvalue weighted by molar-refractivity contribution is 0.179. The molecule has 0 heterocycles. The van der Waals surface area contributed by atoms with Gasteiger partial charge < -0.3 is 15.8 Å². The minimum Gasteiger partial charge on any atom is -0.383 e. The number of rotatable bonds is 7. The molecule has 0 amide bonds. The van der Waals surface area contributed by atoms with E-state index in [0.29, 0.717) is 29.2 Å². The molecule has 0 aliphatic rings. The van der Waals surface area contributed by atoms with Crippen LogP contribution in [0.4, 0.5) is 0 Å². The van der Waals surface area contributed by atoms with Gasteiger partial charge in [-0.15, -0.1) is 24.0 Å². The summed E-state index contributed by atoms with van der Waals surface area (Å²) >= 11 is 12.0. The highest BCUT2D eigenvalue weighted by Gasteiger charge is 2.02. The van der Waals surface area contributed by atoms with Crippen molar-refractivity contribution in [2.75, 3.05) is 20.3 Å². The van der Waals surface area contributed by atoms with Crippen molar-refractivity contribution in [3.05, 3.63) is 33.8 Å². The predicted octanol–water partition coefficient (Wildman–Crippen LogP) is 3.48. The molecule has 0 aromatic heterocycles. The van der Waals surface area contributed by atoms with Crippen LogP contribution in [0.3, 0.4) is 0 Å². The lowest BCUT2D eigenvalue weighted by Crippen LogP contribution is -2.40. The Kier molecular flexibility index (Phi) is 11.2. The lowest BCUT2D eigenvalue weighted by Gasteiger charge is -2.13. The Hall–Kier alpha value is -0.240. The third kappa shape index (κ3) is 8.70. The molecule has 1 aromatic carbocycles. The zero-order valence-electron chi connectivity index (χ0n) is 12.2. The molecule has 0 saturated carbocycles. The number of guanidine groups is 1. The Labute approximate surface area is 153 Å². The van der Waals surface area contributed by atoms with Gasteiger partial charge in [-0.25, -0.2) is 0 Å². The number of methoxy groups -OCH3 is 1. The van der Waals surface area contributed by atoms with E-state index in [1.165, 1.54) is 0 Å². The van der Waals surface area contributed by atoms with E-state index in [1.807, 2.05) is 19.1 Å². The normalized spacial score (nSPS) is 12.7. The first-order chi connectivity index (χ1) is 9.52. The average Bonchev–Trinajstić information content (AvgIpc) is 2.36. The molecule has 120 valence electrons. The summed E-state index contributed by atoms with van der Waals surface area (Å²) < 4.78 is 5.01. The molecule has 21 heavy (non-hydrogen) atoms. The Morgan fingerprint density at radius 2 is 2.14 bits per heavy atom. The molecular weight excluding hydrogens is 424 g/mol. The van der Waals surface area contributed by atoms with Crippen molar-refractivity contribution in [1.82, 2.24) is 5.32 Å².